The van der Waals surface area contributed by atoms with Gasteiger partial charge in [0.15, 0.2) is 5.01 Å². The van der Waals surface area contributed by atoms with Crippen LogP contribution < -0.4 is 11.3 Å². The normalized spacial score (nSPS) is 19.8. The summed E-state index contributed by atoms with van der Waals surface area (Å²) in [7, 11) is 0. The Bertz CT molecular complexity index is 371. The van der Waals surface area contributed by atoms with Crippen LogP contribution in [0.5, 0.6) is 0 Å². The molecule has 1 unspecified atom stereocenters. The number of nitrogens with two attached hydrogens (primary N) is 1. The molecule has 0 amide bonds. The van der Waals surface area contributed by atoms with Crippen molar-refractivity contribution in [2.24, 2.45) is 11.8 Å². The number of hydrogen-bond donors (Lipinski definition) is 2. The largest absolute Gasteiger partial charge is 0.443 e. The number of rotatable bonds is 3. The highest BCUT2D eigenvalue weighted by Gasteiger charge is 2.36. The second kappa shape index (κ2) is 4.91. The van der Waals surface area contributed by atoms with Gasteiger partial charge in [0.05, 0.1) is 6.04 Å². The number of aromatic nitrogens is 1. The van der Waals surface area contributed by atoms with E-state index in [1.807, 2.05) is 0 Å². The number of hydrogen-bond acceptors (Lipinski definition) is 4. The Balaban J connectivity index is 2.17. The van der Waals surface area contributed by atoms with Crippen LogP contribution in [0.3, 0.4) is 0 Å². The number of thiazole rings is 1. The second-order valence-corrected chi connectivity index (χ2v) is 5.32. The van der Waals surface area contributed by atoms with E-state index in [-0.39, 0.29) is 6.04 Å². The molecule has 0 saturated heterocycles. The summed E-state index contributed by atoms with van der Waals surface area (Å²) in [5, 5.41) is -0.800. The summed E-state index contributed by atoms with van der Waals surface area (Å²) in [5.41, 5.74) is 2.63. The molecule has 1 aromatic heterocycles. The van der Waals surface area contributed by atoms with E-state index in [1.165, 1.54) is 6.20 Å². The van der Waals surface area contributed by atoms with E-state index in [0.717, 1.165) is 25.7 Å². The van der Waals surface area contributed by atoms with Gasteiger partial charge in [0.2, 0.25) is 0 Å². The fourth-order valence-electron chi connectivity index (χ4n) is 2.30. The van der Waals surface area contributed by atoms with Crippen molar-refractivity contribution in [2.45, 2.75) is 37.9 Å². The van der Waals surface area contributed by atoms with Gasteiger partial charge in [-0.2, -0.15) is 13.2 Å². The van der Waals surface area contributed by atoms with Gasteiger partial charge in [-0.25, -0.2) is 4.98 Å². The number of alkyl halides is 3. The van der Waals surface area contributed by atoms with E-state index in [2.05, 4.69) is 10.4 Å². The number of halogens is 3. The lowest BCUT2D eigenvalue weighted by Gasteiger charge is -2.20. The van der Waals surface area contributed by atoms with Crippen molar-refractivity contribution in [3.8, 4) is 0 Å². The molecule has 0 aliphatic heterocycles. The zero-order valence-electron chi connectivity index (χ0n) is 9.13. The minimum Gasteiger partial charge on any atom is -0.271 e. The summed E-state index contributed by atoms with van der Waals surface area (Å²) in [6.07, 6.45) is 1.18. The summed E-state index contributed by atoms with van der Waals surface area (Å²) < 4.78 is 37.3. The lowest BCUT2D eigenvalue weighted by Crippen LogP contribution is -2.32. The Morgan fingerprint density at radius 3 is 2.53 bits per heavy atom. The molecule has 1 aliphatic carbocycles. The van der Waals surface area contributed by atoms with Crippen molar-refractivity contribution < 1.29 is 13.2 Å². The van der Waals surface area contributed by atoms with Crippen LogP contribution in [-0.2, 0) is 6.18 Å². The molecular weight excluding hydrogens is 251 g/mol. The summed E-state index contributed by atoms with van der Waals surface area (Å²) in [6, 6.07) is -0.203. The molecule has 96 valence electrons. The average Bonchev–Trinajstić information content (AvgIpc) is 2.87. The van der Waals surface area contributed by atoms with Gasteiger partial charge in [-0.1, -0.05) is 12.8 Å². The van der Waals surface area contributed by atoms with Gasteiger partial charge in [0.1, 0.15) is 0 Å². The van der Waals surface area contributed by atoms with Gasteiger partial charge < -0.3 is 0 Å². The molecule has 1 aliphatic rings. The molecule has 1 aromatic rings. The maximum Gasteiger partial charge on any atom is 0.443 e. The molecule has 0 radical (unpaired) electrons. The van der Waals surface area contributed by atoms with Gasteiger partial charge in [0.25, 0.3) is 0 Å². The van der Waals surface area contributed by atoms with Crippen LogP contribution in [0.1, 0.15) is 41.6 Å². The molecule has 3 N–H and O–H groups in total. The summed E-state index contributed by atoms with van der Waals surface area (Å²) >= 11 is 0.681. The molecule has 0 bridgehead atoms. The zero-order chi connectivity index (χ0) is 12.5. The SMILES string of the molecule is NNC(c1cnc(C(F)(F)F)s1)C1CCCC1. The van der Waals surface area contributed by atoms with Crippen LogP contribution in [0.4, 0.5) is 13.2 Å². The van der Waals surface area contributed by atoms with Gasteiger partial charge in [-0.15, -0.1) is 11.3 Å². The quantitative estimate of drug-likeness (QED) is 0.652. The maximum absolute atomic E-state index is 12.4. The molecule has 7 heteroatoms. The summed E-state index contributed by atoms with van der Waals surface area (Å²) in [4.78, 5) is 4.00. The third-order valence-corrected chi connectivity index (χ3v) is 4.25. The van der Waals surface area contributed by atoms with Crippen LogP contribution >= 0.6 is 11.3 Å². The first-order valence-corrected chi connectivity index (χ1v) is 6.33. The maximum atomic E-state index is 12.4. The molecule has 0 spiro atoms. The first-order chi connectivity index (χ1) is 8.02. The fourth-order valence-corrected chi connectivity index (χ4v) is 3.24. The molecule has 2 rings (SSSR count). The van der Waals surface area contributed by atoms with Crippen molar-refractivity contribution in [3.05, 3.63) is 16.1 Å². The zero-order valence-corrected chi connectivity index (χ0v) is 9.94. The van der Waals surface area contributed by atoms with Crippen LogP contribution in [0.2, 0.25) is 0 Å². The summed E-state index contributed by atoms with van der Waals surface area (Å²) in [6.45, 7) is 0. The standard InChI is InChI=1S/C10H14F3N3S/c11-10(12,13)9-15-5-7(17-9)8(16-14)6-3-1-2-4-6/h5-6,8,16H,1-4,14H2. The molecular formula is C10H14F3N3S. The van der Waals surface area contributed by atoms with E-state index in [4.69, 9.17) is 5.84 Å². The topological polar surface area (TPSA) is 50.9 Å². The molecule has 1 saturated carbocycles. The highest BCUT2D eigenvalue weighted by atomic mass is 32.1. The molecule has 1 fully saturated rings. The first kappa shape index (κ1) is 12.8. The monoisotopic (exact) mass is 265 g/mol. The minimum absolute atomic E-state index is 0.203. The van der Waals surface area contributed by atoms with Crippen molar-refractivity contribution in [3.63, 3.8) is 0 Å². The van der Waals surface area contributed by atoms with Gasteiger partial charge in [-0.3, -0.25) is 11.3 Å². The van der Waals surface area contributed by atoms with Crippen molar-refractivity contribution in [1.82, 2.24) is 10.4 Å². The van der Waals surface area contributed by atoms with E-state index in [9.17, 15) is 13.2 Å². The molecule has 1 atom stereocenters. The van der Waals surface area contributed by atoms with Crippen LogP contribution in [0.15, 0.2) is 6.20 Å². The first-order valence-electron chi connectivity index (χ1n) is 5.51. The van der Waals surface area contributed by atoms with E-state index >= 15 is 0 Å². The van der Waals surface area contributed by atoms with Crippen molar-refractivity contribution in [2.75, 3.05) is 0 Å². The lowest BCUT2D eigenvalue weighted by molar-refractivity contribution is -0.137. The van der Waals surface area contributed by atoms with E-state index < -0.39 is 11.2 Å². The molecule has 0 aromatic carbocycles. The number of nitrogens with zero attached hydrogens (tertiary/aromatic N) is 1. The molecule has 17 heavy (non-hydrogen) atoms. The molecule has 3 nitrogen and oxygen atoms in total. The highest BCUT2D eigenvalue weighted by Crippen LogP contribution is 2.40. The van der Waals surface area contributed by atoms with Gasteiger partial charge in [0, 0.05) is 11.1 Å². The number of hydrazine groups is 1. The van der Waals surface area contributed by atoms with Crippen molar-refractivity contribution >= 4 is 11.3 Å². The van der Waals surface area contributed by atoms with Crippen LogP contribution in [0.25, 0.3) is 0 Å². The van der Waals surface area contributed by atoms with Gasteiger partial charge >= 0.3 is 6.18 Å². The Morgan fingerprint density at radius 1 is 1.41 bits per heavy atom. The Labute approximate surface area is 101 Å². The summed E-state index contributed by atoms with van der Waals surface area (Å²) in [5.74, 6) is 5.77. The Kier molecular flexibility index (Phi) is 3.70. The van der Waals surface area contributed by atoms with Gasteiger partial charge in [-0.05, 0) is 18.8 Å². The fraction of sp³-hybridized carbons (Fsp3) is 0.700. The number of nitrogens with one attached hydrogen (secondary N) is 1. The average molecular weight is 265 g/mol. The third-order valence-electron chi connectivity index (χ3n) is 3.12. The smallest absolute Gasteiger partial charge is 0.271 e. The minimum atomic E-state index is -4.36. The predicted molar refractivity (Wildman–Crippen MR) is 59.1 cm³/mol. The van der Waals surface area contributed by atoms with Crippen LogP contribution in [0, 0.1) is 5.92 Å². The van der Waals surface area contributed by atoms with E-state index in [1.54, 1.807) is 0 Å². The predicted octanol–water partition coefficient (Wildman–Crippen LogP) is 2.86. The van der Waals surface area contributed by atoms with Crippen molar-refractivity contribution in [1.29, 1.82) is 0 Å². The van der Waals surface area contributed by atoms with E-state index in [0.29, 0.717) is 22.1 Å². The highest BCUT2D eigenvalue weighted by molar-refractivity contribution is 7.11. The lowest BCUT2D eigenvalue weighted by atomic mass is 9.98. The Morgan fingerprint density at radius 2 is 2.06 bits per heavy atom. The molecule has 1 heterocycles. The van der Waals surface area contributed by atoms with Crippen LogP contribution in [-0.4, -0.2) is 4.98 Å². The third kappa shape index (κ3) is 2.78. The second-order valence-electron chi connectivity index (χ2n) is 4.25. The Hall–Kier alpha value is -0.660.